The van der Waals surface area contributed by atoms with Gasteiger partial charge in [-0.2, -0.15) is 5.10 Å². The molecule has 1 aromatic carbocycles. The lowest BCUT2D eigenvalue weighted by Gasteiger charge is -2.04. The second kappa shape index (κ2) is 4.47. The summed E-state index contributed by atoms with van der Waals surface area (Å²) in [6.07, 6.45) is 1.30. The molecule has 0 radical (unpaired) electrons. The Labute approximate surface area is 102 Å². The number of halogens is 1. The van der Waals surface area contributed by atoms with Crippen LogP contribution in [0.15, 0.2) is 30.5 Å². The van der Waals surface area contributed by atoms with Crippen LogP contribution >= 0.6 is 11.6 Å². The van der Waals surface area contributed by atoms with Crippen molar-refractivity contribution in [1.82, 2.24) is 9.78 Å². The Morgan fingerprint density at radius 3 is 2.94 bits per heavy atom. The third kappa shape index (κ3) is 2.39. The number of nitrogens with zero attached hydrogens (tertiary/aromatic N) is 2. The minimum absolute atomic E-state index is 0.146. The van der Waals surface area contributed by atoms with E-state index in [9.17, 15) is 4.79 Å². The van der Waals surface area contributed by atoms with Gasteiger partial charge in [-0.3, -0.25) is 4.79 Å². The summed E-state index contributed by atoms with van der Waals surface area (Å²) in [4.78, 5) is 10.6. The summed E-state index contributed by atoms with van der Waals surface area (Å²) in [6, 6.07) is 7.01. The van der Waals surface area contributed by atoms with E-state index in [1.165, 1.54) is 10.9 Å². The smallest absolute Gasteiger partial charge is 0.308 e. The summed E-state index contributed by atoms with van der Waals surface area (Å²) < 4.78 is 1.46. The van der Waals surface area contributed by atoms with Gasteiger partial charge in [0.1, 0.15) is 5.82 Å². The SMILES string of the molecule is Nc1c(CC(=O)O)cnn1-c1cccc(Cl)c1. The van der Waals surface area contributed by atoms with E-state index in [4.69, 9.17) is 22.4 Å². The molecule has 3 N–H and O–H groups in total. The van der Waals surface area contributed by atoms with Crippen LogP contribution in [-0.4, -0.2) is 20.9 Å². The molecule has 0 amide bonds. The molecule has 0 bridgehead atoms. The second-order valence-corrected chi connectivity index (χ2v) is 3.95. The first-order valence-corrected chi connectivity index (χ1v) is 5.26. The van der Waals surface area contributed by atoms with Crippen LogP contribution in [0.4, 0.5) is 5.82 Å². The molecule has 2 rings (SSSR count). The number of carboxylic acid groups (broad SMARTS) is 1. The van der Waals surface area contributed by atoms with Crippen LogP contribution in [0.1, 0.15) is 5.56 Å². The zero-order valence-corrected chi connectivity index (χ0v) is 9.55. The summed E-state index contributed by atoms with van der Waals surface area (Å²) in [5.41, 5.74) is 7.01. The van der Waals surface area contributed by atoms with Gasteiger partial charge >= 0.3 is 5.97 Å². The molecular formula is C11H10ClN3O2. The minimum atomic E-state index is -0.942. The van der Waals surface area contributed by atoms with Gasteiger partial charge in [0.05, 0.1) is 18.3 Å². The molecule has 88 valence electrons. The molecule has 0 spiro atoms. The van der Waals surface area contributed by atoms with E-state index in [1.54, 1.807) is 24.3 Å². The maximum absolute atomic E-state index is 10.6. The van der Waals surface area contributed by atoms with Gasteiger partial charge in [0, 0.05) is 10.6 Å². The van der Waals surface area contributed by atoms with E-state index >= 15 is 0 Å². The Kier molecular flexibility index (Phi) is 3.01. The van der Waals surface area contributed by atoms with Crippen LogP contribution in [0.5, 0.6) is 0 Å². The van der Waals surface area contributed by atoms with Crippen LogP contribution in [0, 0.1) is 0 Å². The van der Waals surface area contributed by atoms with Crippen molar-refractivity contribution in [2.45, 2.75) is 6.42 Å². The maximum atomic E-state index is 10.6. The van der Waals surface area contributed by atoms with Crippen LogP contribution in [0.25, 0.3) is 5.69 Å². The lowest BCUT2D eigenvalue weighted by molar-refractivity contribution is -0.136. The van der Waals surface area contributed by atoms with Crippen molar-refractivity contribution >= 4 is 23.4 Å². The lowest BCUT2D eigenvalue weighted by atomic mass is 10.2. The summed E-state index contributed by atoms with van der Waals surface area (Å²) in [7, 11) is 0. The molecule has 0 unspecified atom stereocenters. The third-order valence-corrected chi connectivity index (χ3v) is 2.52. The fraction of sp³-hybridized carbons (Fsp3) is 0.0909. The number of nitrogens with two attached hydrogens (primary N) is 1. The number of benzene rings is 1. The van der Waals surface area contributed by atoms with Crippen molar-refractivity contribution in [3.63, 3.8) is 0 Å². The van der Waals surface area contributed by atoms with Crippen molar-refractivity contribution in [2.24, 2.45) is 0 Å². The number of nitrogen functional groups attached to an aromatic ring is 1. The quantitative estimate of drug-likeness (QED) is 0.871. The largest absolute Gasteiger partial charge is 0.481 e. The first-order chi connectivity index (χ1) is 8.08. The maximum Gasteiger partial charge on any atom is 0.308 e. The third-order valence-electron chi connectivity index (χ3n) is 2.28. The zero-order valence-electron chi connectivity index (χ0n) is 8.80. The van der Waals surface area contributed by atoms with Crippen molar-refractivity contribution in [3.05, 3.63) is 41.0 Å². The Balaban J connectivity index is 2.40. The van der Waals surface area contributed by atoms with Crippen molar-refractivity contribution in [2.75, 3.05) is 5.73 Å². The molecule has 2 aromatic rings. The van der Waals surface area contributed by atoms with Gasteiger partial charge in [-0.05, 0) is 18.2 Å². The van der Waals surface area contributed by atoms with E-state index in [2.05, 4.69) is 5.10 Å². The van der Waals surface area contributed by atoms with Crippen molar-refractivity contribution in [1.29, 1.82) is 0 Å². The average Bonchev–Trinajstić information content (AvgIpc) is 2.60. The molecule has 0 saturated carbocycles. The molecule has 0 aliphatic heterocycles. The van der Waals surface area contributed by atoms with E-state index in [1.807, 2.05) is 0 Å². The van der Waals surface area contributed by atoms with E-state index in [0.29, 0.717) is 22.1 Å². The fourth-order valence-corrected chi connectivity index (χ4v) is 1.69. The van der Waals surface area contributed by atoms with Gasteiger partial charge in [-0.25, -0.2) is 4.68 Å². The monoisotopic (exact) mass is 251 g/mol. The average molecular weight is 252 g/mol. The minimum Gasteiger partial charge on any atom is -0.481 e. The van der Waals surface area contributed by atoms with Gasteiger partial charge in [0.15, 0.2) is 0 Å². The highest BCUT2D eigenvalue weighted by atomic mass is 35.5. The normalized spacial score (nSPS) is 10.4. The number of aliphatic carboxylic acids is 1. The molecule has 17 heavy (non-hydrogen) atoms. The van der Waals surface area contributed by atoms with Crippen LogP contribution in [-0.2, 0) is 11.2 Å². The summed E-state index contributed by atoms with van der Waals surface area (Å²) in [5, 5.41) is 13.3. The first kappa shape index (κ1) is 11.5. The number of aromatic nitrogens is 2. The van der Waals surface area contributed by atoms with Gasteiger partial charge in [-0.1, -0.05) is 17.7 Å². The number of carbonyl (C=O) groups is 1. The molecule has 5 nitrogen and oxygen atoms in total. The predicted octanol–water partition coefficient (Wildman–Crippen LogP) is 1.73. The Bertz CT molecular complexity index is 566. The van der Waals surface area contributed by atoms with E-state index in [0.717, 1.165) is 0 Å². The number of carboxylic acids is 1. The van der Waals surface area contributed by atoms with Crippen molar-refractivity contribution in [3.8, 4) is 5.69 Å². The van der Waals surface area contributed by atoms with Gasteiger partial charge in [-0.15, -0.1) is 0 Å². The summed E-state index contributed by atoms with van der Waals surface area (Å²) >= 11 is 5.86. The molecule has 1 heterocycles. The molecule has 0 saturated heterocycles. The van der Waals surface area contributed by atoms with Crippen LogP contribution in [0.2, 0.25) is 5.02 Å². The van der Waals surface area contributed by atoms with E-state index < -0.39 is 5.97 Å². The summed E-state index contributed by atoms with van der Waals surface area (Å²) in [6.45, 7) is 0. The molecule has 1 aromatic heterocycles. The molecule has 6 heteroatoms. The molecule has 0 fully saturated rings. The topological polar surface area (TPSA) is 81.1 Å². The Morgan fingerprint density at radius 2 is 2.29 bits per heavy atom. The highest BCUT2D eigenvalue weighted by Crippen LogP contribution is 2.20. The number of hydrogen-bond donors (Lipinski definition) is 2. The van der Waals surface area contributed by atoms with Gasteiger partial charge < -0.3 is 10.8 Å². The van der Waals surface area contributed by atoms with Crippen LogP contribution in [0.3, 0.4) is 0 Å². The molecule has 0 atom stereocenters. The van der Waals surface area contributed by atoms with Crippen LogP contribution < -0.4 is 5.73 Å². The zero-order chi connectivity index (χ0) is 12.4. The Hall–Kier alpha value is -2.01. The molecular weight excluding hydrogens is 242 g/mol. The fourth-order valence-electron chi connectivity index (χ4n) is 1.50. The summed E-state index contributed by atoms with van der Waals surface area (Å²) in [5.74, 6) is -0.628. The second-order valence-electron chi connectivity index (χ2n) is 3.52. The van der Waals surface area contributed by atoms with Crippen molar-refractivity contribution < 1.29 is 9.90 Å². The highest BCUT2D eigenvalue weighted by molar-refractivity contribution is 6.30. The van der Waals surface area contributed by atoms with E-state index in [-0.39, 0.29) is 6.42 Å². The Morgan fingerprint density at radius 1 is 1.53 bits per heavy atom. The number of anilines is 1. The molecule has 0 aliphatic carbocycles. The lowest BCUT2D eigenvalue weighted by Crippen LogP contribution is -2.05. The number of rotatable bonds is 3. The molecule has 0 aliphatic rings. The number of hydrogen-bond acceptors (Lipinski definition) is 3. The highest BCUT2D eigenvalue weighted by Gasteiger charge is 2.11. The van der Waals surface area contributed by atoms with Gasteiger partial charge in [0.2, 0.25) is 0 Å². The standard InChI is InChI=1S/C11H10ClN3O2/c12-8-2-1-3-9(5-8)15-11(13)7(6-14-15)4-10(16)17/h1-3,5-6H,4,13H2,(H,16,17). The predicted molar refractivity (Wildman–Crippen MR) is 64.3 cm³/mol. The first-order valence-electron chi connectivity index (χ1n) is 4.88. The van der Waals surface area contributed by atoms with Gasteiger partial charge in [0.25, 0.3) is 0 Å².